The van der Waals surface area contributed by atoms with E-state index in [0.717, 1.165) is 42.2 Å². The lowest BCUT2D eigenvalue weighted by atomic mass is 10.2. The molecule has 1 fully saturated rings. The predicted molar refractivity (Wildman–Crippen MR) is 106 cm³/mol. The molecule has 1 amide bonds. The Morgan fingerprint density at radius 3 is 2.92 bits per heavy atom. The number of hydrogen-bond acceptors (Lipinski definition) is 5. The van der Waals surface area contributed by atoms with Crippen LogP contribution in [0.2, 0.25) is 0 Å². The molecular weight excluding hydrogens is 348 g/mol. The standard InChI is InChI=1S/C19H28N4O2S/c1-13-5-6-16-17(9-13)22-19(21-16)26-12-18(24)20-7-4-8-23-10-14(2)25-15(3)11-23/h5-6,9,14-15H,4,7-8,10-12H2,1-3H3,(H,20,24)(H,21,22)/t14-,15-/m0/s1. The fourth-order valence-corrected chi connectivity index (χ4v) is 4.07. The summed E-state index contributed by atoms with van der Waals surface area (Å²) in [4.78, 5) is 22.2. The largest absolute Gasteiger partial charge is 0.373 e. The van der Waals surface area contributed by atoms with Gasteiger partial charge in [-0.15, -0.1) is 0 Å². The molecule has 1 aromatic carbocycles. The van der Waals surface area contributed by atoms with Crippen molar-refractivity contribution < 1.29 is 9.53 Å². The molecule has 2 N–H and O–H groups in total. The lowest BCUT2D eigenvalue weighted by Gasteiger charge is -2.35. The number of ether oxygens (including phenoxy) is 1. The number of morpholine rings is 1. The first-order valence-electron chi connectivity index (χ1n) is 9.23. The molecule has 2 aromatic rings. The third kappa shape index (κ3) is 5.46. The molecule has 0 radical (unpaired) electrons. The van der Waals surface area contributed by atoms with E-state index >= 15 is 0 Å². The molecule has 2 heterocycles. The zero-order chi connectivity index (χ0) is 18.5. The van der Waals surface area contributed by atoms with Crippen molar-refractivity contribution in [2.24, 2.45) is 0 Å². The number of thioether (sulfide) groups is 1. The van der Waals surface area contributed by atoms with Crippen LogP contribution in [0.5, 0.6) is 0 Å². The predicted octanol–water partition coefficient (Wildman–Crippen LogP) is 2.58. The maximum atomic E-state index is 12.0. The zero-order valence-electron chi connectivity index (χ0n) is 15.7. The van der Waals surface area contributed by atoms with E-state index < -0.39 is 0 Å². The van der Waals surface area contributed by atoms with Crippen LogP contribution in [0.4, 0.5) is 0 Å². The van der Waals surface area contributed by atoms with Crippen molar-refractivity contribution in [3.05, 3.63) is 23.8 Å². The number of aromatic amines is 1. The van der Waals surface area contributed by atoms with Gasteiger partial charge in [0.2, 0.25) is 5.91 Å². The van der Waals surface area contributed by atoms with E-state index in [2.05, 4.69) is 47.0 Å². The molecule has 2 atom stereocenters. The van der Waals surface area contributed by atoms with Crippen molar-refractivity contribution in [2.45, 2.75) is 44.6 Å². The Bertz CT molecular complexity index is 738. The van der Waals surface area contributed by atoms with Gasteiger partial charge in [-0.3, -0.25) is 9.69 Å². The molecule has 1 aromatic heterocycles. The van der Waals surface area contributed by atoms with Crippen LogP contribution in [0.3, 0.4) is 0 Å². The molecule has 0 spiro atoms. The van der Waals surface area contributed by atoms with Crippen LogP contribution in [0.25, 0.3) is 11.0 Å². The summed E-state index contributed by atoms with van der Waals surface area (Å²) in [6.45, 7) is 9.92. The first-order chi connectivity index (χ1) is 12.5. The number of nitrogens with one attached hydrogen (secondary N) is 2. The first-order valence-corrected chi connectivity index (χ1v) is 10.2. The van der Waals surface area contributed by atoms with Crippen LogP contribution >= 0.6 is 11.8 Å². The van der Waals surface area contributed by atoms with Crippen LogP contribution in [0.1, 0.15) is 25.8 Å². The SMILES string of the molecule is Cc1ccc2nc(SCC(=O)NCCCN3C[C@H](C)O[C@@H](C)C3)[nH]c2c1. The summed E-state index contributed by atoms with van der Waals surface area (Å²) in [5.74, 6) is 0.431. The fourth-order valence-electron chi connectivity index (χ4n) is 3.35. The molecule has 6 nitrogen and oxygen atoms in total. The Morgan fingerprint density at radius 2 is 2.15 bits per heavy atom. The molecule has 1 saturated heterocycles. The van der Waals surface area contributed by atoms with Gasteiger partial charge in [0, 0.05) is 26.2 Å². The van der Waals surface area contributed by atoms with Gasteiger partial charge >= 0.3 is 0 Å². The third-order valence-electron chi connectivity index (χ3n) is 4.42. The molecule has 0 bridgehead atoms. The highest BCUT2D eigenvalue weighted by atomic mass is 32.2. The van der Waals surface area contributed by atoms with E-state index in [1.165, 1.54) is 17.3 Å². The Hall–Kier alpha value is -1.57. The number of carbonyl (C=O) groups excluding carboxylic acids is 1. The second kappa shape index (κ2) is 8.88. The molecule has 1 aliphatic rings. The van der Waals surface area contributed by atoms with Crippen molar-refractivity contribution in [3.8, 4) is 0 Å². The molecule has 0 saturated carbocycles. The summed E-state index contributed by atoms with van der Waals surface area (Å²) in [6.07, 6.45) is 1.54. The fraction of sp³-hybridized carbons (Fsp3) is 0.579. The minimum absolute atomic E-state index is 0.0513. The topological polar surface area (TPSA) is 70.2 Å². The lowest BCUT2D eigenvalue weighted by molar-refractivity contribution is -0.118. The zero-order valence-corrected chi connectivity index (χ0v) is 16.6. The van der Waals surface area contributed by atoms with Crippen LogP contribution in [0, 0.1) is 6.92 Å². The van der Waals surface area contributed by atoms with Crippen molar-refractivity contribution in [2.75, 3.05) is 31.9 Å². The molecule has 7 heteroatoms. The summed E-state index contributed by atoms with van der Waals surface area (Å²) in [6, 6.07) is 6.11. The summed E-state index contributed by atoms with van der Waals surface area (Å²) in [5, 5.41) is 3.79. The number of fused-ring (bicyclic) bond motifs is 1. The van der Waals surface area contributed by atoms with E-state index in [0.29, 0.717) is 12.3 Å². The minimum Gasteiger partial charge on any atom is -0.373 e. The molecule has 26 heavy (non-hydrogen) atoms. The normalized spacial score (nSPS) is 21.2. The lowest BCUT2D eigenvalue weighted by Crippen LogP contribution is -2.46. The molecular formula is C19H28N4O2S. The van der Waals surface area contributed by atoms with Crippen molar-refractivity contribution >= 4 is 28.7 Å². The average molecular weight is 377 g/mol. The summed E-state index contributed by atoms with van der Waals surface area (Å²) in [5.41, 5.74) is 3.15. The molecule has 0 aliphatic carbocycles. The van der Waals surface area contributed by atoms with Gasteiger partial charge in [-0.1, -0.05) is 17.8 Å². The monoisotopic (exact) mass is 376 g/mol. The van der Waals surface area contributed by atoms with Crippen LogP contribution in [0.15, 0.2) is 23.4 Å². The maximum absolute atomic E-state index is 12.0. The van der Waals surface area contributed by atoms with Crippen LogP contribution < -0.4 is 5.32 Å². The van der Waals surface area contributed by atoms with Gasteiger partial charge < -0.3 is 15.0 Å². The maximum Gasteiger partial charge on any atom is 0.230 e. The first kappa shape index (κ1) is 19.2. The van der Waals surface area contributed by atoms with Crippen molar-refractivity contribution in [1.29, 1.82) is 0 Å². The van der Waals surface area contributed by atoms with Gasteiger partial charge in [-0.05, 0) is 44.9 Å². The molecule has 3 rings (SSSR count). The van der Waals surface area contributed by atoms with Crippen molar-refractivity contribution in [1.82, 2.24) is 20.2 Å². The van der Waals surface area contributed by atoms with Crippen LogP contribution in [-0.4, -0.2) is 64.9 Å². The van der Waals surface area contributed by atoms with Crippen LogP contribution in [-0.2, 0) is 9.53 Å². The van der Waals surface area contributed by atoms with E-state index in [1.54, 1.807) is 0 Å². The van der Waals surface area contributed by atoms with Crippen molar-refractivity contribution in [3.63, 3.8) is 0 Å². The summed E-state index contributed by atoms with van der Waals surface area (Å²) < 4.78 is 5.74. The number of nitrogens with zero attached hydrogens (tertiary/aromatic N) is 2. The van der Waals surface area contributed by atoms with Gasteiger partial charge in [0.05, 0.1) is 29.0 Å². The number of rotatable bonds is 7. The quantitative estimate of drug-likeness (QED) is 0.574. The highest BCUT2D eigenvalue weighted by Gasteiger charge is 2.21. The van der Waals surface area contributed by atoms with Gasteiger partial charge in [0.15, 0.2) is 5.16 Å². The number of aryl methyl sites for hydroxylation is 1. The smallest absolute Gasteiger partial charge is 0.230 e. The number of H-pyrrole nitrogens is 1. The van der Waals surface area contributed by atoms with Gasteiger partial charge in [0.25, 0.3) is 0 Å². The third-order valence-corrected chi connectivity index (χ3v) is 5.30. The van der Waals surface area contributed by atoms with E-state index in [9.17, 15) is 4.79 Å². The van der Waals surface area contributed by atoms with Gasteiger partial charge in [-0.2, -0.15) is 0 Å². The van der Waals surface area contributed by atoms with E-state index in [1.807, 2.05) is 12.1 Å². The van der Waals surface area contributed by atoms with E-state index in [4.69, 9.17) is 4.74 Å². The highest BCUT2D eigenvalue weighted by molar-refractivity contribution is 7.99. The summed E-state index contributed by atoms with van der Waals surface area (Å²) >= 11 is 1.44. The van der Waals surface area contributed by atoms with Gasteiger partial charge in [0.1, 0.15) is 0 Å². The number of amides is 1. The van der Waals surface area contributed by atoms with E-state index in [-0.39, 0.29) is 18.1 Å². The number of benzene rings is 1. The average Bonchev–Trinajstić information content (AvgIpc) is 2.98. The Morgan fingerprint density at radius 1 is 1.38 bits per heavy atom. The Balaban J connectivity index is 1.35. The molecule has 0 unspecified atom stereocenters. The minimum atomic E-state index is 0.0513. The highest BCUT2D eigenvalue weighted by Crippen LogP contribution is 2.20. The second-order valence-electron chi connectivity index (χ2n) is 7.07. The summed E-state index contributed by atoms with van der Waals surface area (Å²) in [7, 11) is 0. The number of imidazole rings is 1. The second-order valence-corrected chi connectivity index (χ2v) is 8.04. The number of carbonyl (C=O) groups is 1. The molecule has 142 valence electrons. The number of hydrogen-bond donors (Lipinski definition) is 2. The van der Waals surface area contributed by atoms with Gasteiger partial charge in [-0.25, -0.2) is 4.98 Å². The Kier molecular flexibility index (Phi) is 6.56. The number of aromatic nitrogens is 2. The molecule has 1 aliphatic heterocycles. The Labute approximate surface area is 159 Å².